The predicted octanol–water partition coefficient (Wildman–Crippen LogP) is 3.35. The Labute approximate surface area is 117 Å². The maximum absolute atomic E-state index is 13.1. The van der Waals surface area contributed by atoms with E-state index < -0.39 is 0 Å². The lowest BCUT2D eigenvalue weighted by atomic mass is 10.1. The first-order chi connectivity index (χ1) is 9.81. The lowest BCUT2D eigenvalue weighted by Crippen LogP contribution is -2.30. The first kappa shape index (κ1) is 12.8. The van der Waals surface area contributed by atoms with E-state index in [1.165, 1.54) is 31.4 Å². The van der Waals surface area contributed by atoms with Crippen LogP contribution in [-0.2, 0) is 0 Å². The normalized spacial score (nSPS) is 15.2. The van der Waals surface area contributed by atoms with Gasteiger partial charge in [-0.3, -0.25) is 0 Å². The molecule has 1 fully saturated rings. The van der Waals surface area contributed by atoms with Crippen molar-refractivity contribution in [2.45, 2.75) is 19.3 Å². The molecule has 3 rings (SSSR count). The van der Waals surface area contributed by atoms with Gasteiger partial charge in [-0.15, -0.1) is 10.2 Å². The largest absolute Gasteiger partial charge is 0.355 e. The molecule has 2 heterocycles. The number of nitrogens with zero attached hydrogens (tertiary/aromatic N) is 3. The Morgan fingerprint density at radius 3 is 2.55 bits per heavy atom. The third-order valence-corrected chi connectivity index (χ3v) is 3.43. The van der Waals surface area contributed by atoms with Crippen molar-refractivity contribution in [1.82, 2.24) is 10.2 Å². The summed E-state index contributed by atoms with van der Waals surface area (Å²) < 4.78 is 13.1. The van der Waals surface area contributed by atoms with Crippen LogP contribution in [0.4, 0.5) is 21.7 Å². The van der Waals surface area contributed by atoms with Gasteiger partial charge < -0.3 is 10.2 Å². The summed E-state index contributed by atoms with van der Waals surface area (Å²) in [6.07, 6.45) is 3.72. The zero-order chi connectivity index (χ0) is 13.8. The maximum atomic E-state index is 13.1. The van der Waals surface area contributed by atoms with Crippen molar-refractivity contribution >= 4 is 17.3 Å². The first-order valence-electron chi connectivity index (χ1n) is 6.92. The van der Waals surface area contributed by atoms with E-state index >= 15 is 0 Å². The highest BCUT2D eigenvalue weighted by Gasteiger charge is 2.12. The van der Waals surface area contributed by atoms with Crippen LogP contribution in [0.5, 0.6) is 0 Å². The number of halogens is 1. The van der Waals surface area contributed by atoms with Gasteiger partial charge in [-0.1, -0.05) is 6.07 Å². The molecule has 0 radical (unpaired) electrons. The number of benzene rings is 1. The van der Waals surface area contributed by atoms with Crippen LogP contribution in [-0.4, -0.2) is 23.3 Å². The fourth-order valence-corrected chi connectivity index (χ4v) is 2.40. The van der Waals surface area contributed by atoms with Crippen molar-refractivity contribution in [3.63, 3.8) is 0 Å². The van der Waals surface area contributed by atoms with Gasteiger partial charge in [0.25, 0.3) is 0 Å². The van der Waals surface area contributed by atoms with Gasteiger partial charge in [0.2, 0.25) is 0 Å². The van der Waals surface area contributed by atoms with Crippen molar-refractivity contribution in [1.29, 1.82) is 0 Å². The molecule has 1 saturated heterocycles. The van der Waals surface area contributed by atoms with Crippen LogP contribution in [0.2, 0.25) is 0 Å². The molecule has 2 aromatic rings. The molecular weight excluding hydrogens is 255 g/mol. The second-order valence-corrected chi connectivity index (χ2v) is 4.96. The number of hydrogen-bond donors (Lipinski definition) is 1. The van der Waals surface area contributed by atoms with Crippen molar-refractivity contribution in [2.75, 3.05) is 23.3 Å². The summed E-state index contributed by atoms with van der Waals surface area (Å²) >= 11 is 0. The summed E-state index contributed by atoms with van der Waals surface area (Å²) in [6.45, 7) is 2.09. The molecule has 1 aromatic heterocycles. The Morgan fingerprint density at radius 1 is 1.00 bits per heavy atom. The SMILES string of the molecule is Fc1cccc(Nc2ccc(N3CCCCC3)nn2)c1. The molecule has 0 spiro atoms. The Morgan fingerprint density at radius 2 is 1.85 bits per heavy atom. The first-order valence-corrected chi connectivity index (χ1v) is 6.92. The van der Waals surface area contributed by atoms with E-state index in [1.54, 1.807) is 12.1 Å². The zero-order valence-corrected chi connectivity index (χ0v) is 11.2. The Bertz CT molecular complexity index is 564. The maximum Gasteiger partial charge on any atom is 0.153 e. The van der Waals surface area contributed by atoms with Gasteiger partial charge in [0, 0.05) is 18.8 Å². The molecule has 1 N–H and O–H groups in total. The summed E-state index contributed by atoms with van der Waals surface area (Å²) in [5.74, 6) is 1.26. The molecular formula is C15H17FN4. The molecule has 1 aromatic carbocycles. The number of aromatic nitrogens is 2. The number of hydrogen-bond acceptors (Lipinski definition) is 4. The molecule has 1 aliphatic rings. The molecule has 0 atom stereocenters. The molecule has 0 amide bonds. The van der Waals surface area contributed by atoms with Crippen LogP contribution < -0.4 is 10.2 Å². The van der Waals surface area contributed by atoms with Gasteiger partial charge >= 0.3 is 0 Å². The van der Waals surface area contributed by atoms with Crippen LogP contribution in [0, 0.1) is 5.82 Å². The van der Waals surface area contributed by atoms with Gasteiger partial charge in [-0.05, 0) is 49.6 Å². The van der Waals surface area contributed by atoms with Crippen LogP contribution in [0.15, 0.2) is 36.4 Å². The van der Waals surface area contributed by atoms with Crippen LogP contribution in [0.3, 0.4) is 0 Å². The molecule has 0 saturated carbocycles. The van der Waals surface area contributed by atoms with E-state index in [0.29, 0.717) is 11.5 Å². The van der Waals surface area contributed by atoms with Crippen LogP contribution >= 0.6 is 0 Å². The monoisotopic (exact) mass is 272 g/mol. The van der Waals surface area contributed by atoms with Gasteiger partial charge in [0.15, 0.2) is 11.6 Å². The van der Waals surface area contributed by atoms with Crippen molar-refractivity contribution in [3.8, 4) is 0 Å². The average molecular weight is 272 g/mol. The standard InChI is InChI=1S/C15H17FN4/c16-12-5-4-6-13(11-12)17-14-7-8-15(19-18-14)20-9-2-1-3-10-20/h4-8,11H,1-3,9-10H2,(H,17,18). The fourth-order valence-electron chi connectivity index (χ4n) is 2.40. The molecule has 0 bridgehead atoms. The van der Waals surface area contributed by atoms with E-state index in [0.717, 1.165) is 18.9 Å². The van der Waals surface area contributed by atoms with Crippen molar-refractivity contribution in [3.05, 3.63) is 42.2 Å². The van der Waals surface area contributed by atoms with Crippen molar-refractivity contribution < 1.29 is 4.39 Å². The minimum absolute atomic E-state index is 0.270. The number of nitrogens with one attached hydrogen (secondary N) is 1. The Kier molecular flexibility index (Phi) is 3.76. The van der Waals surface area contributed by atoms with Crippen LogP contribution in [0.25, 0.3) is 0 Å². The van der Waals surface area contributed by atoms with Gasteiger partial charge in [-0.25, -0.2) is 4.39 Å². The quantitative estimate of drug-likeness (QED) is 0.930. The van der Waals surface area contributed by atoms with E-state index in [-0.39, 0.29) is 5.82 Å². The smallest absolute Gasteiger partial charge is 0.153 e. The molecule has 104 valence electrons. The minimum atomic E-state index is -0.270. The summed E-state index contributed by atoms with van der Waals surface area (Å²) in [5.41, 5.74) is 0.671. The molecule has 4 nitrogen and oxygen atoms in total. The zero-order valence-electron chi connectivity index (χ0n) is 11.2. The Balaban J connectivity index is 1.69. The van der Waals surface area contributed by atoms with Gasteiger partial charge in [0.05, 0.1) is 0 Å². The predicted molar refractivity (Wildman–Crippen MR) is 77.8 cm³/mol. The van der Waals surface area contributed by atoms with E-state index in [4.69, 9.17) is 0 Å². The summed E-state index contributed by atoms with van der Waals surface area (Å²) in [7, 11) is 0. The Hall–Kier alpha value is -2.17. The topological polar surface area (TPSA) is 41.0 Å². The van der Waals surface area contributed by atoms with E-state index in [2.05, 4.69) is 20.4 Å². The van der Waals surface area contributed by atoms with E-state index in [1.807, 2.05) is 12.1 Å². The lowest BCUT2D eigenvalue weighted by molar-refractivity contribution is 0.571. The number of rotatable bonds is 3. The van der Waals surface area contributed by atoms with Crippen molar-refractivity contribution in [2.24, 2.45) is 0 Å². The third-order valence-electron chi connectivity index (χ3n) is 3.43. The number of piperidine rings is 1. The van der Waals surface area contributed by atoms with E-state index in [9.17, 15) is 4.39 Å². The second-order valence-electron chi connectivity index (χ2n) is 4.96. The highest BCUT2D eigenvalue weighted by molar-refractivity contribution is 5.56. The highest BCUT2D eigenvalue weighted by atomic mass is 19.1. The fraction of sp³-hybridized carbons (Fsp3) is 0.333. The van der Waals surface area contributed by atoms with Crippen LogP contribution in [0.1, 0.15) is 19.3 Å². The molecule has 0 unspecified atom stereocenters. The average Bonchev–Trinajstić information content (AvgIpc) is 2.49. The molecule has 1 aliphatic heterocycles. The van der Waals surface area contributed by atoms with Gasteiger partial charge in [-0.2, -0.15) is 0 Å². The number of anilines is 3. The summed E-state index contributed by atoms with van der Waals surface area (Å²) in [6, 6.07) is 10.1. The molecule has 5 heteroatoms. The molecule has 0 aliphatic carbocycles. The minimum Gasteiger partial charge on any atom is -0.355 e. The highest BCUT2D eigenvalue weighted by Crippen LogP contribution is 2.19. The lowest BCUT2D eigenvalue weighted by Gasteiger charge is -2.27. The molecule has 20 heavy (non-hydrogen) atoms. The summed E-state index contributed by atoms with van der Waals surface area (Å²) in [4.78, 5) is 2.25. The summed E-state index contributed by atoms with van der Waals surface area (Å²) in [5, 5.41) is 11.4. The third kappa shape index (κ3) is 3.04. The van der Waals surface area contributed by atoms with Gasteiger partial charge in [0.1, 0.15) is 5.82 Å². The second kappa shape index (κ2) is 5.86.